The van der Waals surface area contributed by atoms with Gasteiger partial charge in [0, 0.05) is 32.7 Å². The largest absolute Gasteiger partial charge is 0.444 e. The molecule has 1 amide bonds. The Bertz CT molecular complexity index is 509. The maximum Gasteiger partial charge on any atom is 0.410 e. The van der Waals surface area contributed by atoms with Crippen molar-refractivity contribution in [1.29, 1.82) is 0 Å². The van der Waals surface area contributed by atoms with Crippen molar-refractivity contribution in [3.63, 3.8) is 0 Å². The molecule has 26 heavy (non-hydrogen) atoms. The third-order valence-electron chi connectivity index (χ3n) is 5.27. The topological polar surface area (TPSA) is 60.4 Å². The number of fused-ring (bicyclic) bond motifs is 1. The van der Waals surface area contributed by atoms with Crippen molar-refractivity contribution in [2.75, 3.05) is 52.4 Å². The van der Waals surface area contributed by atoms with Gasteiger partial charge < -0.3 is 24.8 Å². The minimum Gasteiger partial charge on any atom is -0.444 e. The number of nitrogens with zero attached hydrogens (tertiary/aromatic N) is 4. The van der Waals surface area contributed by atoms with Crippen molar-refractivity contribution < 1.29 is 9.53 Å². The molecule has 2 saturated heterocycles. The number of piperazine rings is 1. The molecular weight excluding hydrogens is 330 g/mol. The summed E-state index contributed by atoms with van der Waals surface area (Å²) >= 11 is 0. The molecule has 148 valence electrons. The van der Waals surface area contributed by atoms with E-state index in [2.05, 4.69) is 20.1 Å². The average Bonchev–Trinajstić information content (AvgIpc) is 2.79. The second-order valence-corrected chi connectivity index (χ2v) is 8.62. The summed E-state index contributed by atoms with van der Waals surface area (Å²) in [5, 5.41) is 3.53. The Morgan fingerprint density at radius 3 is 2.58 bits per heavy atom. The fraction of sp³-hybridized carbons (Fsp3) is 0.895. The normalized spacial score (nSPS) is 24.7. The third kappa shape index (κ3) is 5.25. The molecule has 0 bridgehead atoms. The SMILES string of the molecule is CC(C)(C)OC(=O)N1CCN2C(NCCN3CCCCCC3)=NCC2C1. The molecule has 3 aliphatic rings. The lowest BCUT2D eigenvalue weighted by molar-refractivity contribution is 0.0137. The highest BCUT2D eigenvalue weighted by atomic mass is 16.6. The van der Waals surface area contributed by atoms with Gasteiger partial charge in [-0.25, -0.2) is 4.79 Å². The molecule has 0 saturated carbocycles. The average molecular weight is 366 g/mol. The first-order chi connectivity index (χ1) is 12.4. The first kappa shape index (κ1) is 19.3. The predicted molar refractivity (Wildman–Crippen MR) is 104 cm³/mol. The van der Waals surface area contributed by atoms with Crippen LogP contribution in [0, 0.1) is 0 Å². The molecule has 0 radical (unpaired) electrons. The van der Waals surface area contributed by atoms with Crippen molar-refractivity contribution in [2.24, 2.45) is 4.99 Å². The molecule has 1 atom stereocenters. The molecule has 3 heterocycles. The molecule has 3 aliphatic heterocycles. The van der Waals surface area contributed by atoms with Crippen LogP contribution in [0.4, 0.5) is 4.79 Å². The zero-order valence-corrected chi connectivity index (χ0v) is 16.7. The first-order valence-electron chi connectivity index (χ1n) is 10.2. The second-order valence-electron chi connectivity index (χ2n) is 8.62. The molecule has 0 aromatic heterocycles. The third-order valence-corrected chi connectivity index (χ3v) is 5.27. The van der Waals surface area contributed by atoms with Gasteiger partial charge in [-0.15, -0.1) is 0 Å². The van der Waals surface area contributed by atoms with Gasteiger partial charge in [0.2, 0.25) is 0 Å². The van der Waals surface area contributed by atoms with Gasteiger partial charge in [0.25, 0.3) is 0 Å². The number of carbonyl (C=O) groups excluding carboxylic acids is 1. The lowest BCUT2D eigenvalue weighted by Crippen LogP contribution is -2.57. The molecule has 0 aliphatic carbocycles. The van der Waals surface area contributed by atoms with E-state index in [1.165, 1.54) is 38.8 Å². The number of ether oxygens (including phenoxy) is 1. The minimum atomic E-state index is -0.444. The van der Waals surface area contributed by atoms with Crippen LogP contribution in [0.1, 0.15) is 46.5 Å². The van der Waals surface area contributed by atoms with Crippen LogP contribution in [-0.2, 0) is 4.74 Å². The van der Waals surface area contributed by atoms with Gasteiger partial charge in [-0.3, -0.25) is 4.99 Å². The van der Waals surface area contributed by atoms with Crippen LogP contribution < -0.4 is 5.32 Å². The van der Waals surface area contributed by atoms with E-state index >= 15 is 0 Å². The Morgan fingerprint density at radius 1 is 1.15 bits per heavy atom. The molecule has 1 unspecified atom stereocenters. The van der Waals surface area contributed by atoms with E-state index in [-0.39, 0.29) is 12.1 Å². The quantitative estimate of drug-likeness (QED) is 0.826. The zero-order valence-electron chi connectivity index (χ0n) is 16.7. The van der Waals surface area contributed by atoms with Crippen LogP contribution in [-0.4, -0.2) is 90.8 Å². The summed E-state index contributed by atoms with van der Waals surface area (Å²) in [6, 6.07) is 0.275. The molecule has 0 aromatic rings. The summed E-state index contributed by atoms with van der Waals surface area (Å²) in [5.41, 5.74) is -0.444. The molecule has 0 aromatic carbocycles. The Hall–Kier alpha value is -1.50. The maximum absolute atomic E-state index is 12.3. The fourth-order valence-electron chi connectivity index (χ4n) is 3.91. The molecule has 1 N–H and O–H groups in total. The summed E-state index contributed by atoms with van der Waals surface area (Å²) in [6.45, 7) is 13.2. The Kier molecular flexibility index (Phi) is 6.27. The van der Waals surface area contributed by atoms with Crippen LogP contribution in [0.15, 0.2) is 4.99 Å². The zero-order chi connectivity index (χ0) is 18.6. The van der Waals surface area contributed by atoms with Crippen LogP contribution in [0.25, 0.3) is 0 Å². The van der Waals surface area contributed by atoms with Crippen LogP contribution >= 0.6 is 0 Å². The number of amides is 1. The van der Waals surface area contributed by atoms with E-state index in [1.807, 2.05) is 25.7 Å². The van der Waals surface area contributed by atoms with E-state index in [0.29, 0.717) is 13.1 Å². The molecule has 2 fully saturated rings. The summed E-state index contributed by atoms with van der Waals surface area (Å²) in [4.78, 5) is 23.7. The fourth-order valence-corrected chi connectivity index (χ4v) is 3.91. The number of likely N-dealkylation sites (tertiary alicyclic amines) is 1. The summed E-state index contributed by atoms with van der Waals surface area (Å²) in [6.07, 6.45) is 5.20. The molecule has 7 heteroatoms. The highest BCUT2D eigenvalue weighted by molar-refractivity contribution is 5.82. The molecule has 0 spiro atoms. The van der Waals surface area contributed by atoms with Crippen molar-refractivity contribution in [2.45, 2.75) is 58.1 Å². The number of rotatable bonds is 3. The number of aliphatic imine (C=N–C) groups is 1. The highest BCUT2D eigenvalue weighted by Gasteiger charge is 2.36. The molecular formula is C19H35N5O2. The number of nitrogens with one attached hydrogen (secondary N) is 1. The number of carbonyl (C=O) groups is 1. The van der Waals surface area contributed by atoms with Crippen LogP contribution in [0.5, 0.6) is 0 Å². The van der Waals surface area contributed by atoms with Gasteiger partial charge >= 0.3 is 6.09 Å². The maximum atomic E-state index is 12.3. The van der Waals surface area contributed by atoms with E-state index in [0.717, 1.165) is 32.1 Å². The van der Waals surface area contributed by atoms with Crippen molar-refractivity contribution >= 4 is 12.1 Å². The summed E-state index contributed by atoms with van der Waals surface area (Å²) in [7, 11) is 0. The van der Waals surface area contributed by atoms with Crippen molar-refractivity contribution in [3.8, 4) is 0 Å². The van der Waals surface area contributed by atoms with Gasteiger partial charge in [0.15, 0.2) is 5.96 Å². The van der Waals surface area contributed by atoms with E-state index < -0.39 is 5.60 Å². The summed E-state index contributed by atoms with van der Waals surface area (Å²) in [5.74, 6) is 1.01. The summed E-state index contributed by atoms with van der Waals surface area (Å²) < 4.78 is 5.50. The van der Waals surface area contributed by atoms with Gasteiger partial charge in [-0.2, -0.15) is 0 Å². The van der Waals surface area contributed by atoms with E-state index in [9.17, 15) is 4.79 Å². The monoisotopic (exact) mass is 365 g/mol. The van der Waals surface area contributed by atoms with Crippen LogP contribution in [0.3, 0.4) is 0 Å². The van der Waals surface area contributed by atoms with Gasteiger partial charge in [0.05, 0.1) is 12.6 Å². The standard InChI is InChI=1S/C19H35N5O2/c1-19(2,3)26-18(25)23-12-13-24-16(15-23)14-21-17(24)20-8-11-22-9-6-4-5-7-10-22/h16H,4-15H2,1-3H3,(H,20,21). The number of hydrogen-bond acceptors (Lipinski definition) is 6. The number of hydrogen-bond donors (Lipinski definition) is 1. The Labute approximate surface area is 157 Å². The van der Waals surface area contributed by atoms with E-state index in [4.69, 9.17) is 4.74 Å². The lowest BCUT2D eigenvalue weighted by Gasteiger charge is -2.39. The number of guanidine groups is 1. The smallest absolute Gasteiger partial charge is 0.410 e. The Morgan fingerprint density at radius 2 is 1.88 bits per heavy atom. The van der Waals surface area contributed by atoms with E-state index in [1.54, 1.807) is 0 Å². The Balaban J connectivity index is 1.41. The predicted octanol–water partition coefficient (Wildman–Crippen LogP) is 1.74. The van der Waals surface area contributed by atoms with Crippen LogP contribution in [0.2, 0.25) is 0 Å². The second kappa shape index (κ2) is 8.46. The minimum absolute atomic E-state index is 0.209. The van der Waals surface area contributed by atoms with Gasteiger partial charge in [0.1, 0.15) is 5.60 Å². The molecule has 3 rings (SSSR count). The first-order valence-corrected chi connectivity index (χ1v) is 10.2. The van der Waals surface area contributed by atoms with Crippen molar-refractivity contribution in [3.05, 3.63) is 0 Å². The highest BCUT2D eigenvalue weighted by Crippen LogP contribution is 2.18. The molecule has 7 nitrogen and oxygen atoms in total. The van der Waals surface area contributed by atoms with Gasteiger partial charge in [-0.1, -0.05) is 12.8 Å². The lowest BCUT2D eigenvalue weighted by atomic mass is 10.2. The van der Waals surface area contributed by atoms with Crippen molar-refractivity contribution in [1.82, 2.24) is 20.0 Å². The van der Waals surface area contributed by atoms with Gasteiger partial charge in [-0.05, 0) is 46.7 Å².